The molecule has 0 amide bonds. The van der Waals surface area contributed by atoms with Crippen LogP contribution < -0.4 is 5.32 Å². The van der Waals surface area contributed by atoms with E-state index in [0.29, 0.717) is 6.42 Å². The number of nitrogens with one attached hydrogen (secondary N) is 1. The molecule has 0 spiro atoms. The third-order valence-electron chi connectivity index (χ3n) is 2.81. The van der Waals surface area contributed by atoms with E-state index in [1.807, 2.05) is 0 Å². The minimum absolute atomic E-state index is 0.0621. The smallest absolute Gasteiger partial charge is 0.148 e. The molecule has 16 heavy (non-hydrogen) atoms. The van der Waals surface area contributed by atoms with Crippen molar-refractivity contribution in [3.8, 4) is 0 Å². The zero-order valence-corrected chi connectivity index (χ0v) is 10.1. The Morgan fingerprint density at radius 3 is 2.56 bits per heavy atom. The molecule has 88 valence electrons. The minimum atomic E-state index is -0.908. The Morgan fingerprint density at radius 1 is 1.19 bits per heavy atom. The lowest BCUT2D eigenvalue weighted by Gasteiger charge is -2.24. The van der Waals surface area contributed by atoms with Crippen LogP contribution in [-0.4, -0.2) is 6.54 Å². The van der Waals surface area contributed by atoms with Crippen LogP contribution in [0, 0.1) is 17.5 Å². The molecule has 1 atom stereocenters. The molecule has 2 rings (SSSR count). The quantitative estimate of drug-likeness (QED) is 0.615. The summed E-state index contributed by atoms with van der Waals surface area (Å²) in [6, 6.07) is 0.365. The Labute approximate surface area is 100 Å². The Hall–Kier alpha value is -0.550. The summed E-state index contributed by atoms with van der Waals surface area (Å²) in [4.78, 5) is 0. The van der Waals surface area contributed by atoms with Crippen molar-refractivity contribution in [2.24, 2.45) is 0 Å². The number of rotatable bonds is 1. The molecule has 0 saturated carbocycles. The molecular formula is C11H11BrF3N. The average molecular weight is 294 g/mol. The van der Waals surface area contributed by atoms with Gasteiger partial charge in [0.25, 0.3) is 0 Å². The van der Waals surface area contributed by atoms with E-state index in [1.165, 1.54) is 0 Å². The summed E-state index contributed by atoms with van der Waals surface area (Å²) in [6.45, 7) is 0.735. The molecule has 5 heteroatoms. The van der Waals surface area contributed by atoms with Gasteiger partial charge in [0.15, 0.2) is 0 Å². The van der Waals surface area contributed by atoms with Crippen LogP contribution in [0.25, 0.3) is 0 Å². The van der Waals surface area contributed by atoms with Gasteiger partial charge < -0.3 is 5.32 Å². The molecule has 1 fully saturated rings. The van der Waals surface area contributed by atoms with Crippen LogP contribution in [0.4, 0.5) is 13.2 Å². The van der Waals surface area contributed by atoms with E-state index in [2.05, 4.69) is 21.2 Å². The normalized spacial score (nSPS) is 21.1. The van der Waals surface area contributed by atoms with Crippen LogP contribution in [0.2, 0.25) is 0 Å². The van der Waals surface area contributed by atoms with Gasteiger partial charge in [0.1, 0.15) is 17.5 Å². The van der Waals surface area contributed by atoms with E-state index in [0.717, 1.165) is 25.5 Å². The topological polar surface area (TPSA) is 12.0 Å². The maximum absolute atomic E-state index is 13.7. The van der Waals surface area contributed by atoms with E-state index >= 15 is 0 Å². The molecule has 1 saturated heterocycles. The van der Waals surface area contributed by atoms with Crippen molar-refractivity contribution in [1.29, 1.82) is 0 Å². The van der Waals surface area contributed by atoms with Gasteiger partial charge in [-0.2, -0.15) is 0 Å². The molecule has 1 nitrogen and oxygen atoms in total. The van der Waals surface area contributed by atoms with Gasteiger partial charge in [-0.15, -0.1) is 0 Å². The van der Waals surface area contributed by atoms with Gasteiger partial charge in [0.05, 0.1) is 4.47 Å². The molecule has 1 aliphatic rings. The zero-order valence-electron chi connectivity index (χ0n) is 8.49. The lowest BCUT2D eigenvalue weighted by atomic mass is 9.96. The monoisotopic (exact) mass is 293 g/mol. The summed E-state index contributed by atoms with van der Waals surface area (Å²) in [6.07, 6.45) is 2.60. The first kappa shape index (κ1) is 11.9. The standard InChI is InChI=1S/C11H11BrF3N/c12-10-7(14)5-6(13)9(11(10)15)8-3-1-2-4-16-8/h5,8,16H,1-4H2. The highest BCUT2D eigenvalue weighted by molar-refractivity contribution is 9.10. The molecule has 0 radical (unpaired) electrons. The van der Waals surface area contributed by atoms with Gasteiger partial charge in [-0.05, 0) is 35.3 Å². The van der Waals surface area contributed by atoms with Gasteiger partial charge in [-0.25, -0.2) is 13.2 Å². The molecule has 0 aromatic heterocycles. The maximum atomic E-state index is 13.7. The number of piperidine rings is 1. The number of hydrogen-bond acceptors (Lipinski definition) is 1. The highest BCUT2D eigenvalue weighted by atomic mass is 79.9. The van der Waals surface area contributed by atoms with Crippen molar-refractivity contribution in [2.45, 2.75) is 25.3 Å². The summed E-state index contributed by atoms with van der Waals surface area (Å²) in [5.41, 5.74) is -0.0621. The van der Waals surface area contributed by atoms with Crippen LogP contribution in [0.1, 0.15) is 30.9 Å². The van der Waals surface area contributed by atoms with Crippen LogP contribution in [0.3, 0.4) is 0 Å². The second-order valence-electron chi connectivity index (χ2n) is 3.88. The third kappa shape index (κ3) is 2.11. The summed E-state index contributed by atoms with van der Waals surface area (Å²) in [5.74, 6) is -2.57. The Kier molecular flexibility index (Phi) is 3.54. The van der Waals surface area contributed by atoms with E-state index in [4.69, 9.17) is 0 Å². The fourth-order valence-electron chi connectivity index (χ4n) is 2.00. The molecule has 1 N–H and O–H groups in total. The average Bonchev–Trinajstić information content (AvgIpc) is 2.28. The van der Waals surface area contributed by atoms with Gasteiger partial charge in [-0.1, -0.05) is 6.42 Å². The van der Waals surface area contributed by atoms with Crippen molar-refractivity contribution >= 4 is 15.9 Å². The highest BCUT2D eigenvalue weighted by Gasteiger charge is 2.25. The number of benzene rings is 1. The summed E-state index contributed by atoms with van der Waals surface area (Å²) < 4.78 is 40.0. The van der Waals surface area contributed by atoms with Crippen molar-refractivity contribution in [1.82, 2.24) is 5.32 Å². The van der Waals surface area contributed by atoms with Crippen molar-refractivity contribution in [3.05, 3.63) is 33.6 Å². The zero-order chi connectivity index (χ0) is 11.7. The summed E-state index contributed by atoms with van der Waals surface area (Å²) >= 11 is 2.79. The van der Waals surface area contributed by atoms with E-state index in [1.54, 1.807) is 0 Å². The Bertz CT molecular complexity index is 403. The van der Waals surface area contributed by atoms with Crippen LogP contribution in [-0.2, 0) is 0 Å². The van der Waals surface area contributed by atoms with Crippen LogP contribution >= 0.6 is 15.9 Å². The van der Waals surface area contributed by atoms with Gasteiger partial charge in [0, 0.05) is 17.7 Å². The second-order valence-corrected chi connectivity index (χ2v) is 4.68. The number of hydrogen-bond donors (Lipinski definition) is 1. The first-order valence-corrected chi connectivity index (χ1v) is 5.97. The van der Waals surface area contributed by atoms with Gasteiger partial charge in [0.2, 0.25) is 0 Å². The van der Waals surface area contributed by atoms with E-state index < -0.39 is 17.5 Å². The predicted octanol–water partition coefficient (Wildman–Crippen LogP) is 3.68. The van der Waals surface area contributed by atoms with E-state index in [-0.39, 0.29) is 16.1 Å². The van der Waals surface area contributed by atoms with Crippen molar-refractivity contribution < 1.29 is 13.2 Å². The Morgan fingerprint density at radius 2 is 1.94 bits per heavy atom. The summed E-state index contributed by atoms with van der Waals surface area (Å²) in [5, 5.41) is 3.04. The molecule has 0 bridgehead atoms. The fourth-order valence-corrected chi connectivity index (χ4v) is 2.33. The van der Waals surface area contributed by atoms with Crippen molar-refractivity contribution in [2.75, 3.05) is 6.54 Å². The molecule has 1 aromatic carbocycles. The first-order chi connectivity index (χ1) is 7.61. The lowest BCUT2D eigenvalue weighted by molar-refractivity contribution is 0.381. The molecule has 1 aromatic rings. The fraction of sp³-hybridized carbons (Fsp3) is 0.455. The highest BCUT2D eigenvalue weighted by Crippen LogP contribution is 2.32. The van der Waals surface area contributed by atoms with Gasteiger partial charge in [-0.3, -0.25) is 0 Å². The van der Waals surface area contributed by atoms with Crippen LogP contribution in [0.5, 0.6) is 0 Å². The van der Waals surface area contributed by atoms with Crippen LogP contribution in [0.15, 0.2) is 10.5 Å². The largest absolute Gasteiger partial charge is 0.310 e. The third-order valence-corrected chi connectivity index (χ3v) is 3.54. The number of halogens is 4. The molecule has 0 aliphatic carbocycles. The molecular weight excluding hydrogens is 283 g/mol. The molecule has 1 heterocycles. The first-order valence-electron chi connectivity index (χ1n) is 5.17. The van der Waals surface area contributed by atoms with E-state index in [9.17, 15) is 13.2 Å². The lowest BCUT2D eigenvalue weighted by Crippen LogP contribution is -2.28. The summed E-state index contributed by atoms with van der Waals surface area (Å²) in [7, 11) is 0. The minimum Gasteiger partial charge on any atom is -0.310 e. The second kappa shape index (κ2) is 4.75. The molecule has 1 aliphatic heterocycles. The van der Waals surface area contributed by atoms with Gasteiger partial charge >= 0.3 is 0 Å². The molecule has 1 unspecified atom stereocenters. The SMILES string of the molecule is Fc1cc(F)c(C2CCCCN2)c(F)c1Br. The van der Waals surface area contributed by atoms with Crippen molar-refractivity contribution in [3.63, 3.8) is 0 Å². The predicted molar refractivity (Wildman–Crippen MR) is 58.6 cm³/mol. The Balaban J connectivity index is 2.42. The maximum Gasteiger partial charge on any atom is 0.148 e.